The standard InChI is InChI=1S/C42H27NO/c1-2-9-28(10-3-1)29-17-19-30(20-18-29)32-21-23-41-37(26-32)38-27-33(22-24-42(38)44-41)31-11-8-12-34(25-31)43-39-15-6-4-13-35(39)36-14-5-7-16-40(36)43/h1-27H. The molecule has 206 valence electrons. The van der Waals surface area contributed by atoms with E-state index in [1.165, 1.54) is 55.2 Å². The molecule has 0 atom stereocenters. The topological polar surface area (TPSA) is 18.1 Å². The van der Waals surface area contributed by atoms with Crippen molar-refractivity contribution in [2.24, 2.45) is 0 Å². The van der Waals surface area contributed by atoms with Crippen molar-refractivity contribution >= 4 is 43.7 Å². The summed E-state index contributed by atoms with van der Waals surface area (Å²) in [4.78, 5) is 0. The molecule has 7 aromatic carbocycles. The average Bonchev–Trinajstić information content (AvgIpc) is 3.64. The third-order valence-corrected chi connectivity index (χ3v) is 8.81. The van der Waals surface area contributed by atoms with Gasteiger partial charge >= 0.3 is 0 Å². The molecule has 2 heteroatoms. The van der Waals surface area contributed by atoms with Gasteiger partial charge in [-0.25, -0.2) is 0 Å². The number of rotatable bonds is 4. The highest BCUT2D eigenvalue weighted by Gasteiger charge is 2.14. The van der Waals surface area contributed by atoms with Gasteiger partial charge in [-0.15, -0.1) is 0 Å². The average molecular weight is 562 g/mol. The maximum atomic E-state index is 6.29. The fourth-order valence-corrected chi connectivity index (χ4v) is 6.65. The van der Waals surface area contributed by atoms with Crippen LogP contribution in [-0.4, -0.2) is 4.57 Å². The number of nitrogens with zero attached hydrogens (tertiary/aromatic N) is 1. The van der Waals surface area contributed by atoms with E-state index in [1.54, 1.807) is 0 Å². The summed E-state index contributed by atoms with van der Waals surface area (Å²) in [7, 11) is 0. The summed E-state index contributed by atoms with van der Waals surface area (Å²) in [6, 6.07) is 58.5. The van der Waals surface area contributed by atoms with Crippen molar-refractivity contribution in [1.29, 1.82) is 0 Å². The second-order valence-corrected chi connectivity index (χ2v) is 11.4. The summed E-state index contributed by atoms with van der Waals surface area (Å²) < 4.78 is 8.66. The van der Waals surface area contributed by atoms with Gasteiger partial charge in [0.15, 0.2) is 0 Å². The molecule has 9 rings (SSSR count). The van der Waals surface area contributed by atoms with Gasteiger partial charge in [0, 0.05) is 27.2 Å². The Balaban J connectivity index is 1.13. The van der Waals surface area contributed by atoms with E-state index in [0.29, 0.717) is 0 Å². The maximum absolute atomic E-state index is 6.29. The van der Waals surface area contributed by atoms with Crippen LogP contribution in [0, 0.1) is 0 Å². The van der Waals surface area contributed by atoms with Gasteiger partial charge in [0.1, 0.15) is 11.2 Å². The quantitative estimate of drug-likeness (QED) is 0.209. The number of benzene rings is 7. The Kier molecular flexibility index (Phi) is 5.54. The van der Waals surface area contributed by atoms with Gasteiger partial charge in [0.05, 0.1) is 11.0 Å². The van der Waals surface area contributed by atoms with Crippen molar-refractivity contribution in [3.05, 3.63) is 164 Å². The Hall–Kier alpha value is -5.86. The summed E-state index contributed by atoms with van der Waals surface area (Å²) in [5.41, 5.74) is 12.5. The van der Waals surface area contributed by atoms with E-state index >= 15 is 0 Å². The Morgan fingerprint density at radius 2 is 0.773 bits per heavy atom. The van der Waals surface area contributed by atoms with Crippen LogP contribution in [0.25, 0.3) is 82.8 Å². The van der Waals surface area contributed by atoms with Crippen molar-refractivity contribution in [2.45, 2.75) is 0 Å². The van der Waals surface area contributed by atoms with Crippen LogP contribution in [0.4, 0.5) is 0 Å². The van der Waals surface area contributed by atoms with Crippen LogP contribution in [0.1, 0.15) is 0 Å². The van der Waals surface area contributed by atoms with E-state index in [-0.39, 0.29) is 0 Å². The lowest BCUT2D eigenvalue weighted by molar-refractivity contribution is 0.669. The molecule has 2 nitrogen and oxygen atoms in total. The van der Waals surface area contributed by atoms with Crippen molar-refractivity contribution in [1.82, 2.24) is 4.57 Å². The van der Waals surface area contributed by atoms with Crippen molar-refractivity contribution in [3.63, 3.8) is 0 Å². The molecule has 9 aromatic rings. The fourth-order valence-electron chi connectivity index (χ4n) is 6.65. The van der Waals surface area contributed by atoms with Crippen LogP contribution in [0.5, 0.6) is 0 Å². The number of para-hydroxylation sites is 2. The Morgan fingerprint density at radius 1 is 0.318 bits per heavy atom. The zero-order valence-electron chi connectivity index (χ0n) is 23.9. The molecule has 0 radical (unpaired) electrons. The molecule has 0 bridgehead atoms. The van der Waals surface area contributed by atoms with Crippen LogP contribution in [0.2, 0.25) is 0 Å². The number of fused-ring (bicyclic) bond motifs is 6. The van der Waals surface area contributed by atoms with Gasteiger partial charge in [-0.1, -0.05) is 115 Å². The molecule has 0 N–H and O–H groups in total. The lowest BCUT2D eigenvalue weighted by Gasteiger charge is -2.10. The van der Waals surface area contributed by atoms with Gasteiger partial charge in [-0.3, -0.25) is 0 Å². The summed E-state index contributed by atoms with van der Waals surface area (Å²) in [6.45, 7) is 0. The summed E-state index contributed by atoms with van der Waals surface area (Å²) >= 11 is 0. The molecule has 0 saturated heterocycles. The first-order valence-electron chi connectivity index (χ1n) is 15.0. The minimum atomic E-state index is 0.902. The zero-order chi connectivity index (χ0) is 29.0. The largest absolute Gasteiger partial charge is 0.456 e. The van der Waals surface area contributed by atoms with E-state index in [0.717, 1.165) is 27.6 Å². The number of furan rings is 1. The van der Waals surface area contributed by atoms with Crippen LogP contribution in [0.15, 0.2) is 168 Å². The lowest BCUT2D eigenvalue weighted by atomic mass is 9.98. The highest BCUT2D eigenvalue weighted by atomic mass is 16.3. The van der Waals surface area contributed by atoms with Gasteiger partial charge in [-0.05, 0) is 81.9 Å². The molecule has 2 aromatic heterocycles. The smallest absolute Gasteiger partial charge is 0.135 e. The van der Waals surface area contributed by atoms with Crippen LogP contribution < -0.4 is 0 Å². The molecule has 0 fully saturated rings. The first-order chi connectivity index (χ1) is 21.8. The van der Waals surface area contributed by atoms with E-state index in [2.05, 4.69) is 168 Å². The Bertz CT molecular complexity index is 2430. The zero-order valence-corrected chi connectivity index (χ0v) is 23.9. The van der Waals surface area contributed by atoms with Crippen molar-refractivity contribution in [3.8, 4) is 39.1 Å². The summed E-state index contributed by atoms with van der Waals surface area (Å²) in [5, 5.41) is 4.79. The predicted molar refractivity (Wildman–Crippen MR) is 184 cm³/mol. The number of hydrogen-bond donors (Lipinski definition) is 0. The molecule has 0 amide bonds. The number of hydrogen-bond acceptors (Lipinski definition) is 1. The third kappa shape index (κ3) is 3.96. The fraction of sp³-hybridized carbons (Fsp3) is 0. The van der Waals surface area contributed by atoms with E-state index in [1.807, 2.05) is 0 Å². The maximum Gasteiger partial charge on any atom is 0.135 e. The predicted octanol–water partition coefficient (Wildman–Crippen LogP) is 11.7. The molecular formula is C42H27NO. The van der Waals surface area contributed by atoms with Crippen LogP contribution >= 0.6 is 0 Å². The Morgan fingerprint density at radius 3 is 1.41 bits per heavy atom. The summed E-state index contributed by atoms with van der Waals surface area (Å²) in [6.07, 6.45) is 0. The number of aromatic nitrogens is 1. The first kappa shape index (κ1) is 24.7. The molecule has 0 unspecified atom stereocenters. The lowest BCUT2D eigenvalue weighted by Crippen LogP contribution is -1.94. The molecule has 0 spiro atoms. The summed E-state index contributed by atoms with van der Waals surface area (Å²) in [5.74, 6) is 0. The van der Waals surface area contributed by atoms with Gasteiger partial charge in [0.2, 0.25) is 0 Å². The first-order valence-corrected chi connectivity index (χ1v) is 15.0. The molecule has 0 saturated carbocycles. The molecule has 0 aliphatic heterocycles. The minimum absolute atomic E-state index is 0.902. The van der Waals surface area contributed by atoms with Crippen molar-refractivity contribution in [2.75, 3.05) is 0 Å². The highest BCUT2D eigenvalue weighted by Crippen LogP contribution is 2.37. The van der Waals surface area contributed by atoms with E-state index in [4.69, 9.17) is 4.42 Å². The molecule has 2 heterocycles. The SMILES string of the molecule is c1ccc(-c2ccc(-c3ccc4oc5ccc(-c6cccc(-n7c8ccccc8c8ccccc87)c6)cc5c4c3)cc2)cc1. The molecule has 0 aliphatic carbocycles. The van der Waals surface area contributed by atoms with Gasteiger partial charge < -0.3 is 8.98 Å². The Labute approximate surface area is 255 Å². The second-order valence-electron chi connectivity index (χ2n) is 11.4. The molecule has 44 heavy (non-hydrogen) atoms. The third-order valence-electron chi connectivity index (χ3n) is 8.81. The van der Waals surface area contributed by atoms with Crippen LogP contribution in [-0.2, 0) is 0 Å². The van der Waals surface area contributed by atoms with Gasteiger partial charge in [-0.2, -0.15) is 0 Å². The monoisotopic (exact) mass is 561 g/mol. The highest BCUT2D eigenvalue weighted by molar-refractivity contribution is 6.10. The normalized spacial score (nSPS) is 11.6. The molecule has 0 aliphatic rings. The van der Waals surface area contributed by atoms with E-state index < -0.39 is 0 Å². The van der Waals surface area contributed by atoms with Gasteiger partial charge in [0.25, 0.3) is 0 Å². The molecular weight excluding hydrogens is 534 g/mol. The second kappa shape index (κ2) is 9.86. The van der Waals surface area contributed by atoms with Crippen molar-refractivity contribution < 1.29 is 4.42 Å². The van der Waals surface area contributed by atoms with E-state index in [9.17, 15) is 0 Å². The van der Waals surface area contributed by atoms with Crippen LogP contribution in [0.3, 0.4) is 0 Å². The minimum Gasteiger partial charge on any atom is -0.456 e.